The standard InChI is InChI=1S/C17H15N3O/c1-11(21)20-8-7-13-9-14-15(10-16(13)20)19-17(18-14)12-5-3-2-4-6-12/h2-6,9H,7-8,10H2,1H3. The van der Waals surface area contributed by atoms with Crippen LogP contribution >= 0.6 is 0 Å². The Hall–Kier alpha value is -2.49. The summed E-state index contributed by atoms with van der Waals surface area (Å²) >= 11 is 0. The zero-order valence-corrected chi connectivity index (χ0v) is 11.8. The maximum Gasteiger partial charge on any atom is 0.223 e. The Labute approximate surface area is 123 Å². The van der Waals surface area contributed by atoms with Crippen LogP contribution in [0, 0.1) is 0 Å². The van der Waals surface area contributed by atoms with E-state index in [0.29, 0.717) is 6.42 Å². The van der Waals surface area contributed by atoms with Gasteiger partial charge in [-0.1, -0.05) is 30.3 Å². The fraction of sp³-hybridized carbons (Fsp3) is 0.235. The number of benzene rings is 1. The van der Waals surface area contributed by atoms with Crippen LogP contribution in [0.3, 0.4) is 0 Å². The van der Waals surface area contributed by atoms with Gasteiger partial charge in [-0.25, -0.2) is 9.98 Å². The Kier molecular flexibility index (Phi) is 2.64. The average Bonchev–Trinajstić information content (AvgIpc) is 3.08. The predicted octanol–water partition coefficient (Wildman–Crippen LogP) is 2.68. The van der Waals surface area contributed by atoms with Gasteiger partial charge in [0.05, 0.1) is 11.4 Å². The Morgan fingerprint density at radius 2 is 2.00 bits per heavy atom. The molecule has 1 aromatic rings. The molecule has 0 radical (unpaired) electrons. The van der Waals surface area contributed by atoms with Crippen molar-refractivity contribution in [1.82, 2.24) is 4.90 Å². The largest absolute Gasteiger partial charge is 0.315 e. The van der Waals surface area contributed by atoms with Crippen LogP contribution in [0.4, 0.5) is 0 Å². The summed E-state index contributed by atoms with van der Waals surface area (Å²) in [6.07, 6.45) is 3.72. The van der Waals surface area contributed by atoms with E-state index in [1.807, 2.05) is 35.2 Å². The summed E-state index contributed by atoms with van der Waals surface area (Å²) < 4.78 is 0. The summed E-state index contributed by atoms with van der Waals surface area (Å²) in [4.78, 5) is 22.9. The van der Waals surface area contributed by atoms with E-state index in [9.17, 15) is 4.79 Å². The van der Waals surface area contributed by atoms with Gasteiger partial charge in [0, 0.05) is 31.1 Å². The van der Waals surface area contributed by atoms with Crippen LogP contribution in [0.2, 0.25) is 0 Å². The minimum atomic E-state index is 0.111. The fourth-order valence-corrected chi connectivity index (χ4v) is 3.07. The first-order chi connectivity index (χ1) is 10.2. The number of allylic oxidation sites excluding steroid dienone is 3. The first-order valence-corrected chi connectivity index (χ1v) is 7.16. The van der Waals surface area contributed by atoms with E-state index >= 15 is 0 Å². The summed E-state index contributed by atoms with van der Waals surface area (Å²) in [5.74, 6) is 0.882. The number of rotatable bonds is 1. The minimum absolute atomic E-state index is 0.111. The minimum Gasteiger partial charge on any atom is -0.315 e. The molecule has 0 fully saturated rings. The first kappa shape index (κ1) is 12.3. The van der Waals surface area contributed by atoms with Crippen LogP contribution in [0.1, 0.15) is 25.3 Å². The van der Waals surface area contributed by atoms with Crippen molar-refractivity contribution in [3.8, 4) is 0 Å². The molecule has 1 aromatic carbocycles. The summed E-state index contributed by atoms with van der Waals surface area (Å²) in [7, 11) is 0. The molecule has 3 aliphatic rings. The van der Waals surface area contributed by atoms with Gasteiger partial charge < -0.3 is 4.90 Å². The normalized spacial score (nSPS) is 19.9. The van der Waals surface area contributed by atoms with Gasteiger partial charge in [0.2, 0.25) is 5.91 Å². The van der Waals surface area contributed by atoms with E-state index in [1.165, 1.54) is 5.57 Å². The number of carbonyl (C=O) groups excluding carboxylic acids is 1. The Balaban J connectivity index is 1.69. The highest BCUT2D eigenvalue weighted by molar-refractivity contribution is 6.19. The van der Waals surface area contributed by atoms with Crippen molar-refractivity contribution in [3.05, 3.63) is 58.9 Å². The molecule has 0 spiro atoms. The van der Waals surface area contributed by atoms with Crippen LogP contribution < -0.4 is 0 Å². The van der Waals surface area contributed by atoms with Crippen molar-refractivity contribution < 1.29 is 4.79 Å². The number of amides is 1. The van der Waals surface area contributed by atoms with Gasteiger partial charge >= 0.3 is 0 Å². The van der Waals surface area contributed by atoms with Crippen molar-refractivity contribution in [2.45, 2.75) is 19.8 Å². The molecule has 0 atom stereocenters. The van der Waals surface area contributed by atoms with Crippen molar-refractivity contribution >= 4 is 17.5 Å². The van der Waals surface area contributed by atoms with Crippen molar-refractivity contribution in [1.29, 1.82) is 0 Å². The SMILES string of the molecule is CC(=O)N1CCC2=C1CC1=NC(c3ccccc3)=NC1=C2. The number of fused-ring (bicyclic) bond motifs is 1. The lowest BCUT2D eigenvalue weighted by Crippen LogP contribution is -2.26. The molecule has 2 aliphatic heterocycles. The summed E-state index contributed by atoms with van der Waals surface area (Å²) in [5, 5.41) is 0. The molecule has 104 valence electrons. The third kappa shape index (κ3) is 1.95. The lowest BCUT2D eigenvalue weighted by molar-refractivity contribution is -0.126. The Bertz CT molecular complexity index is 753. The Morgan fingerprint density at radius 3 is 2.76 bits per heavy atom. The third-order valence-electron chi connectivity index (χ3n) is 4.12. The lowest BCUT2D eigenvalue weighted by atomic mass is 9.99. The van der Waals surface area contributed by atoms with Gasteiger partial charge in [-0.3, -0.25) is 4.79 Å². The highest BCUT2D eigenvalue weighted by Crippen LogP contribution is 2.35. The van der Waals surface area contributed by atoms with Crippen molar-refractivity contribution in [3.63, 3.8) is 0 Å². The lowest BCUT2D eigenvalue weighted by Gasteiger charge is -2.20. The Morgan fingerprint density at radius 1 is 1.19 bits per heavy atom. The van der Waals surface area contributed by atoms with Crippen LogP contribution in [0.5, 0.6) is 0 Å². The van der Waals surface area contributed by atoms with Crippen LogP contribution in [0.15, 0.2) is 63.4 Å². The molecule has 21 heavy (non-hydrogen) atoms. The second kappa shape index (κ2) is 4.52. The van der Waals surface area contributed by atoms with Crippen LogP contribution in [-0.4, -0.2) is 28.9 Å². The van der Waals surface area contributed by atoms with Crippen LogP contribution in [0.25, 0.3) is 0 Å². The van der Waals surface area contributed by atoms with E-state index in [1.54, 1.807) is 6.92 Å². The number of hydrogen-bond donors (Lipinski definition) is 0. The highest BCUT2D eigenvalue weighted by atomic mass is 16.2. The fourth-order valence-electron chi connectivity index (χ4n) is 3.07. The monoisotopic (exact) mass is 277 g/mol. The molecule has 0 unspecified atom stereocenters. The maximum atomic E-state index is 11.7. The number of aliphatic imine (C=N–C) groups is 2. The summed E-state index contributed by atoms with van der Waals surface area (Å²) in [6, 6.07) is 10.0. The molecule has 0 N–H and O–H groups in total. The van der Waals surface area contributed by atoms with Gasteiger partial charge in [-0.15, -0.1) is 0 Å². The van der Waals surface area contributed by atoms with Crippen molar-refractivity contribution in [2.75, 3.05) is 6.54 Å². The first-order valence-electron chi connectivity index (χ1n) is 7.16. The van der Waals surface area contributed by atoms with Crippen LogP contribution in [-0.2, 0) is 4.79 Å². The number of nitrogens with zero attached hydrogens (tertiary/aromatic N) is 3. The number of carbonyl (C=O) groups is 1. The molecule has 0 aromatic heterocycles. The van der Waals surface area contributed by atoms with Gasteiger partial charge in [-0.05, 0) is 18.1 Å². The van der Waals surface area contributed by atoms with E-state index in [-0.39, 0.29) is 5.91 Å². The van der Waals surface area contributed by atoms with E-state index in [2.05, 4.69) is 16.1 Å². The molecule has 0 saturated carbocycles. The molecular weight excluding hydrogens is 262 g/mol. The molecule has 1 aliphatic carbocycles. The van der Waals surface area contributed by atoms with E-state index < -0.39 is 0 Å². The molecule has 4 rings (SSSR count). The summed E-state index contributed by atoms with van der Waals surface area (Å²) in [5.41, 5.74) is 5.30. The molecule has 4 nitrogen and oxygen atoms in total. The number of amidine groups is 1. The van der Waals surface area contributed by atoms with Gasteiger partial charge in [0.1, 0.15) is 0 Å². The van der Waals surface area contributed by atoms with Gasteiger partial charge in [-0.2, -0.15) is 0 Å². The molecule has 0 saturated heterocycles. The zero-order valence-electron chi connectivity index (χ0n) is 11.8. The number of hydrogen-bond acceptors (Lipinski definition) is 3. The molecular formula is C17H15N3O. The molecule has 0 bridgehead atoms. The maximum absolute atomic E-state index is 11.7. The van der Waals surface area contributed by atoms with E-state index in [4.69, 9.17) is 0 Å². The summed E-state index contributed by atoms with van der Waals surface area (Å²) in [6.45, 7) is 2.41. The average molecular weight is 277 g/mol. The second-order valence-electron chi connectivity index (χ2n) is 5.46. The molecule has 1 amide bonds. The smallest absolute Gasteiger partial charge is 0.223 e. The molecule has 4 heteroatoms. The topological polar surface area (TPSA) is 45.0 Å². The van der Waals surface area contributed by atoms with Gasteiger partial charge in [0.15, 0.2) is 5.84 Å². The van der Waals surface area contributed by atoms with Gasteiger partial charge in [0.25, 0.3) is 0 Å². The zero-order chi connectivity index (χ0) is 14.4. The predicted molar refractivity (Wildman–Crippen MR) is 82.1 cm³/mol. The van der Waals surface area contributed by atoms with E-state index in [0.717, 1.165) is 41.5 Å². The third-order valence-corrected chi connectivity index (χ3v) is 4.12. The highest BCUT2D eigenvalue weighted by Gasteiger charge is 2.31. The van der Waals surface area contributed by atoms with Crippen molar-refractivity contribution in [2.24, 2.45) is 9.98 Å². The quantitative estimate of drug-likeness (QED) is 0.778. The second-order valence-corrected chi connectivity index (χ2v) is 5.46. The molecule has 2 heterocycles.